The van der Waals surface area contributed by atoms with E-state index in [-0.39, 0.29) is 11.0 Å². The van der Waals surface area contributed by atoms with Crippen LogP contribution in [0.3, 0.4) is 0 Å². The van der Waals surface area contributed by atoms with E-state index < -0.39 is 17.9 Å². The summed E-state index contributed by atoms with van der Waals surface area (Å²) in [6.07, 6.45) is 1.22. The van der Waals surface area contributed by atoms with Crippen LogP contribution in [0, 0.1) is 5.92 Å². The number of rotatable bonds is 11. The summed E-state index contributed by atoms with van der Waals surface area (Å²) in [7, 11) is 1.28. The van der Waals surface area contributed by atoms with E-state index in [4.69, 9.17) is 9.47 Å². The molecule has 7 heteroatoms. The average molecular weight is 492 g/mol. The monoisotopic (exact) mass is 491 g/mol. The average Bonchev–Trinajstić information content (AvgIpc) is 2.88. The number of hydrogen-bond acceptors (Lipinski definition) is 6. The molecule has 0 saturated heterocycles. The lowest BCUT2D eigenvalue weighted by Gasteiger charge is -2.22. The number of benzene rings is 3. The zero-order valence-electron chi connectivity index (χ0n) is 19.8. The first-order valence-electron chi connectivity index (χ1n) is 11.3. The van der Waals surface area contributed by atoms with Gasteiger partial charge >= 0.3 is 5.97 Å². The molecule has 0 aliphatic rings. The summed E-state index contributed by atoms with van der Waals surface area (Å²) in [6.45, 7) is 1.48. The van der Waals surface area contributed by atoms with E-state index in [1.807, 2.05) is 60.7 Å². The van der Waals surface area contributed by atoms with Crippen LogP contribution in [0.1, 0.15) is 30.5 Å². The number of esters is 1. The van der Waals surface area contributed by atoms with Gasteiger partial charge in [0.2, 0.25) is 5.91 Å². The molecule has 1 N–H and O–H groups in total. The van der Waals surface area contributed by atoms with Crippen LogP contribution in [0.15, 0.2) is 84.9 Å². The summed E-state index contributed by atoms with van der Waals surface area (Å²) >= 11 is 1.11. The maximum absolute atomic E-state index is 13.3. The number of methoxy groups -OCH3 is 1. The van der Waals surface area contributed by atoms with E-state index in [0.29, 0.717) is 35.7 Å². The van der Waals surface area contributed by atoms with Gasteiger partial charge in [-0.15, -0.1) is 0 Å². The Morgan fingerprint density at radius 3 is 2.20 bits per heavy atom. The Kier molecular flexibility index (Phi) is 9.93. The smallest absolute Gasteiger partial charge is 0.333 e. The van der Waals surface area contributed by atoms with E-state index >= 15 is 0 Å². The van der Waals surface area contributed by atoms with Crippen LogP contribution in [0.4, 0.5) is 0 Å². The van der Waals surface area contributed by atoms with Crippen molar-refractivity contribution in [2.75, 3.05) is 12.9 Å². The van der Waals surface area contributed by atoms with Crippen molar-refractivity contribution in [1.82, 2.24) is 5.32 Å². The van der Waals surface area contributed by atoms with Gasteiger partial charge < -0.3 is 14.8 Å². The van der Waals surface area contributed by atoms with Crippen molar-refractivity contribution in [3.05, 3.63) is 96.1 Å². The van der Waals surface area contributed by atoms with Gasteiger partial charge in [-0.2, -0.15) is 0 Å². The standard InChI is InChI=1S/C28H29NO5S/c1-20(30)35-19-23(17-16-21-10-5-3-6-11-21)27(31)29-26(28(32)33-2)22-12-9-15-25(18-22)34-24-13-7-4-8-14-24/h3-15,18,23,26H,16-17,19H2,1-2H3,(H,29,31). The third-order valence-corrected chi connectivity index (χ3v) is 6.35. The first kappa shape index (κ1) is 26.0. The van der Waals surface area contributed by atoms with Crippen LogP contribution in [0.2, 0.25) is 0 Å². The van der Waals surface area contributed by atoms with Crippen molar-refractivity contribution in [3.63, 3.8) is 0 Å². The van der Waals surface area contributed by atoms with Gasteiger partial charge in [0.25, 0.3) is 0 Å². The molecular formula is C28H29NO5S. The molecule has 35 heavy (non-hydrogen) atoms. The number of hydrogen-bond donors (Lipinski definition) is 1. The minimum atomic E-state index is -1.01. The van der Waals surface area contributed by atoms with Gasteiger partial charge in [0.1, 0.15) is 11.5 Å². The lowest BCUT2D eigenvalue weighted by atomic mass is 9.99. The number of carbonyl (C=O) groups is 3. The summed E-state index contributed by atoms with van der Waals surface area (Å²) < 4.78 is 10.9. The van der Waals surface area contributed by atoms with Gasteiger partial charge in [0, 0.05) is 18.6 Å². The molecule has 2 atom stereocenters. The summed E-state index contributed by atoms with van der Waals surface area (Å²) in [4.78, 5) is 37.5. The van der Waals surface area contributed by atoms with Crippen LogP contribution >= 0.6 is 11.8 Å². The number of thioether (sulfide) groups is 1. The Bertz CT molecular complexity index is 1120. The molecule has 2 unspecified atom stereocenters. The second kappa shape index (κ2) is 13.3. The number of amides is 1. The minimum absolute atomic E-state index is 0.0576. The maximum atomic E-state index is 13.3. The fraction of sp³-hybridized carbons (Fsp3) is 0.250. The van der Waals surface area contributed by atoms with Gasteiger partial charge in [-0.25, -0.2) is 4.79 Å². The van der Waals surface area contributed by atoms with E-state index in [0.717, 1.165) is 17.3 Å². The topological polar surface area (TPSA) is 81.7 Å². The lowest BCUT2D eigenvalue weighted by Crippen LogP contribution is -2.39. The molecule has 3 aromatic rings. The predicted octanol–water partition coefficient (Wildman–Crippen LogP) is 5.34. The predicted molar refractivity (Wildman–Crippen MR) is 137 cm³/mol. The summed E-state index contributed by atoms with van der Waals surface area (Å²) in [5, 5.41) is 2.78. The zero-order valence-corrected chi connectivity index (χ0v) is 20.6. The highest BCUT2D eigenvalue weighted by atomic mass is 32.2. The molecular weight excluding hydrogens is 462 g/mol. The van der Waals surface area contributed by atoms with Crippen LogP contribution in [-0.2, 0) is 25.5 Å². The van der Waals surface area contributed by atoms with Crippen molar-refractivity contribution >= 4 is 28.8 Å². The second-order valence-corrected chi connectivity index (χ2v) is 9.17. The Morgan fingerprint density at radius 1 is 0.886 bits per heavy atom. The summed E-state index contributed by atoms with van der Waals surface area (Å²) in [5.41, 5.74) is 1.65. The summed E-state index contributed by atoms with van der Waals surface area (Å²) in [5.74, 6) is 0.171. The number of aryl methyl sites for hydroxylation is 1. The largest absolute Gasteiger partial charge is 0.467 e. The Labute approximate surface area is 210 Å². The molecule has 0 spiro atoms. The molecule has 0 aliphatic heterocycles. The quantitative estimate of drug-likeness (QED) is 0.365. The molecule has 182 valence electrons. The Balaban J connectivity index is 1.77. The van der Waals surface area contributed by atoms with Gasteiger partial charge in [-0.05, 0) is 48.2 Å². The molecule has 3 rings (SSSR count). The van der Waals surface area contributed by atoms with Crippen LogP contribution in [-0.4, -0.2) is 29.9 Å². The number of ether oxygens (including phenoxy) is 2. The lowest BCUT2D eigenvalue weighted by molar-refractivity contribution is -0.145. The van der Waals surface area contributed by atoms with E-state index in [1.165, 1.54) is 14.0 Å². The number of carbonyl (C=O) groups excluding carboxylic acids is 3. The minimum Gasteiger partial charge on any atom is -0.467 e. The molecule has 0 fully saturated rings. The van der Waals surface area contributed by atoms with Crippen molar-refractivity contribution in [2.45, 2.75) is 25.8 Å². The fourth-order valence-corrected chi connectivity index (χ4v) is 4.29. The number of para-hydroxylation sites is 1. The highest BCUT2D eigenvalue weighted by Crippen LogP contribution is 2.26. The molecule has 0 aromatic heterocycles. The van der Waals surface area contributed by atoms with Crippen LogP contribution in [0.5, 0.6) is 11.5 Å². The highest BCUT2D eigenvalue weighted by molar-refractivity contribution is 8.13. The highest BCUT2D eigenvalue weighted by Gasteiger charge is 2.28. The molecule has 0 heterocycles. The zero-order chi connectivity index (χ0) is 25.0. The van der Waals surface area contributed by atoms with Crippen molar-refractivity contribution < 1.29 is 23.9 Å². The van der Waals surface area contributed by atoms with Gasteiger partial charge in [-0.1, -0.05) is 72.4 Å². The van der Waals surface area contributed by atoms with Gasteiger partial charge in [0.15, 0.2) is 11.2 Å². The molecule has 0 bridgehead atoms. The van der Waals surface area contributed by atoms with Crippen molar-refractivity contribution in [2.24, 2.45) is 5.92 Å². The molecule has 0 aliphatic carbocycles. The van der Waals surface area contributed by atoms with Crippen LogP contribution < -0.4 is 10.1 Å². The Morgan fingerprint density at radius 2 is 1.54 bits per heavy atom. The molecule has 0 saturated carbocycles. The van der Waals surface area contributed by atoms with Crippen LogP contribution in [0.25, 0.3) is 0 Å². The first-order valence-corrected chi connectivity index (χ1v) is 12.3. The third kappa shape index (κ3) is 8.30. The molecule has 1 amide bonds. The van der Waals surface area contributed by atoms with E-state index in [2.05, 4.69) is 5.32 Å². The number of nitrogens with one attached hydrogen (secondary N) is 1. The van der Waals surface area contributed by atoms with Crippen molar-refractivity contribution in [3.8, 4) is 11.5 Å². The fourth-order valence-electron chi connectivity index (χ4n) is 3.53. The van der Waals surface area contributed by atoms with Gasteiger partial charge in [0.05, 0.1) is 7.11 Å². The van der Waals surface area contributed by atoms with E-state index in [9.17, 15) is 14.4 Å². The normalized spacial score (nSPS) is 12.3. The molecule has 6 nitrogen and oxygen atoms in total. The van der Waals surface area contributed by atoms with Gasteiger partial charge in [-0.3, -0.25) is 9.59 Å². The third-order valence-electron chi connectivity index (χ3n) is 5.38. The summed E-state index contributed by atoms with van der Waals surface area (Å²) in [6, 6.07) is 25.1. The van der Waals surface area contributed by atoms with Crippen molar-refractivity contribution in [1.29, 1.82) is 0 Å². The van der Waals surface area contributed by atoms with E-state index in [1.54, 1.807) is 24.3 Å². The second-order valence-electron chi connectivity index (χ2n) is 7.98. The molecule has 3 aromatic carbocycles. The maximum Gasteiger partial charge on any atom is 0.333 e. The molecule has 0 radical (unpaired) electrons. The Hall–Kier alpha value is -3.58. The first-order chi connectivity index (χ1) is 17.0. The SMILES string of the molecule is COC(=O)C(NC(=O)C(CCc1ccccc1)CSC(C)=O)c1cccc(Oc2ccccc2)c1.